The molecule has 1 aliphatic heterocycles. The Hall–Kier alpha value is -3.40. The summed E-state index contributed by atoms with van der Waals surface area (Å²) in [6.45, 7) is 2.34. The average molecular weight is 372 g/mol. The number of carbonyl (C=O) groups excluding carboxylic acids is 1. The third kappa shape index (κ3) is 2.69. The predicted molar refractivity (Wildman–Crippen MR) is 105 cm³/mol. The summed E-state index contributed by atoms with van der Waals surface area (Å²) >= 11 is 0. The first-order valence-corrected chi connectivity index (χ1v) is 9.55. The molecular formula is C21H20N6O. The number of fused-ring (bicyclic) bond motifs is 1. The number of amides is 1. The molecule has 0 atom stereocenters. The van der Waals surface area contributed by atoms with Gasteiger partial charge >= 0.3 is 0 Å². The van der Waals surface area contributed by atoms with Gasteiger partial charge in [-0.05, 0) is 43.5 Å². The molecule has 1 saturated carbocycles. The van der Waals surface area contributed by atoms with Gasteiger partial charge < -0.3 is 14.8 Å². The first-order valence-electron chi connectivity index (χ1n) is 9.55. The van der Waals surface area contributed by atoms with Crippen molar-refractivity contribution in [2.45, 2.75) is 24.8 Å². The Morgan fingerprint density at radius 1 is 1.21 bits per heavy atom. The second kappa shape index (κ2) is 6.34. The summed E-state index contributed by atoms with van der Waals surface area (Å²) in [5.74, 6) is 0.948. The maximum Gasteiger partial charge on any atom is 0.254 e. The number of nitriles is 1. The van der Waals surface area contributed by atoms with Gasteiger partial charge in [0.2, 0.25) is 0 Å². The summed E-state index contributed by atoms with van der Waals surface area (Å²) in [5.41, 5.74) is 1.79. The zero-order valence-corrected chi connectivity index (χ0v) is 15.4. The molecule has 3 heterocycles. The van der Waals surface area contributed by atoms with E-state index in [4.69, 9.17) is 5.26 Å². The molecule has 28 heavy (non-hydrogen) atoms. The Labute approximate surface area is 162 Å². The van der Waals surface area contributed by atoms with E-state index in [1.165, 1.54) is 0 Å². The molecule has 140 valence electrons. The van der Waals surface area contributed by atoms with Crippen LogP contribution in [-0.2, 0) is 0 Å². The molecule has 1 spiro atoms. The van der Waals surface area contributed by atoms with E-state index in [2.05, 4.69) is 25.9 Å². The first-order chi connectivity index (χ1) is 13.7. The fraction of sp³-hybridized carbons (Fsp3) is 0.333. The number of nitrogens with zero attached hydrogens (tertiary/aromatic N) is 5. The normalized spacial score (nSPS) is 18.1. The molecule has 1 N–H and O–H groups in total. The SMILES string of the molecule is N#Cc1cccc(C(=O)N2CCCN(c3ncnc4[nH]ccc34)CC23CC3)c1. The lowest BCUT2D eigenvalue weighted by molar-refractivity contribution is 0.0669. The van der Waals surface area contributed by atoms with E-state index in [1.54, 1.807) is 30.6 Å². The summed E-state index contributed by atoms with van der Waals surface area (Å²) in [4.78, 5) is 29.6. The number of hydrogen-bond donors (Lipinski definition) is 1. The van der Waals surface area contributed by atoms with Crippen molar-refractivity contribution in [3.63, 3.8) is 0 Å². The van der Waals surface area contributed by atoms with Crippen LogP contribution in [0.5, 0.6) is 0 Å². The molecule has 1 aromatic carbocycles. The van der Waals surface area contributed by atoms with Crippen molar-refractivity contribution < 1.29 is 4.79 Å². The predicted octanol–water partition coefficient (Wildman–Crippen LogP) is 2.71. The average Bonchev–Trinajstić information content (AvgIpc) is 3.39. The third-order valence-electron chi connectivity index (χ3n) is 5.81. The molecule has 2 aromatic heterocycles. The van der Waals surface area contributed by atoms with Gasteiger partial charge in [-0.1, -0.05) is 6.07 Å². The van der Waals surface area contributed by atoms with Crippen LogP contribution in [0.2, 0.25) is 0 Å². The van der Waals surface area contributed by atoms with Gasteiger partial charge in [0.05, 0.1) is 22.6 Å². The van der Waals surface area contributed by atoms with Crippen molar-refractivity contribution in [2.75, 3.05) is 24.5 Å². The summed E-state index contributed by atoms with van der Waals surface area (Å²) in [5, 5.41) is 10.2. The number of nitrogens with one attached hydrogen (secondary N) is 1. The quantitative estimate of drug-likeness (QED) is 0.747. The zero-order chi connectivity index (χ0) is 19.1. The van der Waals surface area contributed by atoms with Gasteiger partial charge in [-0.15, -0.1) is 0 Å². The van der Waals surface area contributed by atoms with Gasteiger partial charge in [-0.25, -0.2) is 9.97 Å². The first kappa shape index (κ1) is 16.8. The molecule has 7 nitrogen and oxygen atoms in total. The van der Waals surface area contributed by atoms with E-state index in [0.717, 1.165) is 49.2 Å². The van der Waals surface area contributed by atoms with Crippen LogP contribution in [0.1, 0.15) is 35.2 Å². The van der Waals surface area contributed by atoms with Crippen molar-refractivity contribution in [3.05, 3.63) is 54.0 Å². The van der Waals surface area contributed by atoms with E-state index in [-0.39, 0.29) is 11.4 Å². The van der Waals surface area contributed by atoms with Gasteiger partial charge in [0.15, 0.2) is 0 Å². The van der Waals surface area contributed by atoms with E-state index < -0.39 is 0 Å². The van der Waals surface area contributed by atoms with Crippen molar-refractivity contribution >= 4 is 22.8 Å². The van der Waals surface area contributed by atoms with E-state index in [1.807, 2.05) is 17.2 Å². The Morgan fingerprint density at radius 2 is 2.11 bits per heavy atom. The molecule has 1 saturated heterocycles. The Kier molecular flexibility index (Phi) is 3.79. The Balaban J connectivity index is 1.45. The third-order valence-corrected chi connectivity index (χ3v) is 5.81. The fourth-order valence-electron chi connectivity index (χ4n) is 4.23. The number of rotatable bonds is 2. The molecule has 0 unspecified atom stereocenters. The fourth-order valence-corrected chi connectivity index (χ4v) is 4.23. The topological polar surface area (TPSA) is 88.9 Å². The molecule has 2 fully saturated rings. The standard InChI is InChI=1S/C21H20N6O/c22-12-15-3-1-4-16(11-15)20(28)27-10-2-9-26(13-21(27)6-7-21)19-17-5-8-23-18(17)24-14-25-19/h1,3-5,8,11,14H,2,6-7,9-10,13H2,(H,23,24,25). The highest BCUT2D eigenvalue weighted by Gasteiger charge is 2.52. The second-order valence-corrected chi connectivity index (χ2v) is 7.59. The largest absolute Gasteiger partial charge is 0.354 e. The number of H-pyrrole nitrogens is 1. The molecule has 1 amide bonds. The van der Waals surface area contributed by atoms with Crippen molar-refractivity contribution in [1.29, 1.82) is 5.26 Å². The van der Waals surface area contributed by atoms with Crippen LogP contribution in [0.4, 0.5) is 5.82 Å². The smallest absolute Gasteiger partial charge is 0.254 e. The minimum Gasteiger partial charge on any atom is -0.354 e. The molecular weight excluding hydrogens is 352 g/mol. The highest BCUT2D eigenvalue weighted by atomic mass is 16.2. The van der Waals surface area contributed by atoms with Crippen LogP contribution in [0.3, 0.4) is 0 Å². The van der Waals surface area contributed by atoms with Crippen molar-refractivity contribution in [1.82, 2.24) is 19.9 Å². The van der Waals surface area contributed by atoms with Gasteiger partial charge in [0, 0.05) is 31.4 Å². The minimum absolute atomic E-state index is 0.0194. The number of anilines is 1. The maximum absolute atomic E-state index is 13.3. The van der Waals surface area contributed by atoms with Gasteiger partial charge in [0.25, 0.3) is 5.91 Å². The van der Waals surface area contributed by atoms with Crippen LogP contribution in [0, 0.1) is 11.3 Å². The Bertz CT molecular complexity index is 1090. The molecule has 2 aliphatic rings. The highest BCUT2D eigenvalue weighted by molar-refractivity contribution is 5.95. The van der Waals surface area contributed by atoms with Gasteiger partial charge in [-0.3, -0.25) is 4.79 Å². The summed E-state index contributed by atoms with van der Waals surface area (Å²) in [6.07, 6.45) is 6.34. The molecule has 7 heteroatoms. The molecule has 0 radical (unpaired) electrons. The molecule has 3 aromatic rings. The highest BCUT2D eigenvalue weighted by Crippen LogP contribution is 2.45. The number of carbonyl (C=O) groups is 1. The molecule has 5 rings (SSSR count). The van der Waals surface area contributed by atoms with Crippen LogP contribution in [0.25, 0.3) is 11.0 Å². The van der Waals surface area contributed by atoms with Crippen LogP contribution in [0.15, 0.2) is 42.9 Å². The van der Waals surface area contributed by atoms with Gasteiger partial charge in [0.1, 0.15) is 17.8 Å². The minimum atomic E-state index is -0.149. The molecule has 1 aliphatic carbocycles. The lowest BCUT2D eigenvalue weighted by atomic mass is 10.1. The summed E-state index contributed by atoms with van der Waals surface area (Å²) in [7, 11) is 0. The Morgan fingerprint density at radius 3 is 2.93 bits per heavy atom. The van der Waals surface area contributed by atoms with Crippen LogP contribution in [-0.4, -0.2) is 50.9 Å². The number of hydrogen-bond acceptors (Lipinski definition) is 5. The van der Waals surface area contributed by atoms with Crippen molar-refractivity contribution in [3.8, 4) is 6.07 Å². The molecule has 0 bridgehead atoms. The van der Waals surface area contributed by atoms with Gasteiger partial charge in [-0.2, -0.15) is 5.26 Å². The summed E-state index contributed by atoms with van der Waals surface area (Å²) in [6, 6.07) is 11.1. The monoisotopic (exact) mass is 372 g/mol. The second-order valence-electron chi connectivity index (χ2n) is 7.59. The maximum atomic E-state index is 13.3. The summed E-state index contributed by atoms with van der Waals surface area (Å²) < 4.78 is 0. The number of aromatic amines is 1. The van der Waals surface area contributed by atoms with E-state index in [0.29, 0.717) is 17.7 Å². The number of benzene rings is 1. The van der Waals surface area contributed by atoms with Crippen LogP contribution >= 0.6 is 0 Å². The lowest BCUT2D eigenvalue weighted by Gasteiger charge is -2.32. The van der Waals surface area contributed by atoms with E-state index in [9.17, 15) is 4.79 Å². The van der Waals surface area contributed by atoms with E-state index >= 15 is 0 Å². The van der Waals surface area contributed by atoms with Crippen LogP contribution < -0.4 is 4.90 Å². The van der Waals surface area contributed by atoms with Crippen molar-refractivity contribution in [2.24, 2.45) is 0 Å². The number of aromatic nitrogens is 3. The zero-order valence-electron chi connectivity index (χ0n) is 15.4. The lowest BCUT2D eigenvalue weighted by Crippen LogP contribution is -2.46.